The Morgan fingerprint density at radius 2 is 1.84 bits per heavy atom. The highest BCUT2D eigenvalue weighted by molar-refractivity contribution is 5.94. The van der Waals surface area contributed by atoms with E-state index in [1.54, 1.807) is 0 Å². The topological polar surface area (TPSA) is 55.1 Å². The van der Waals surface area contributed by atoms with E-state index in [1.807, 2.05) is 13.8 Å². The van der Waals surface area contributed by atoms with Gasteiger partial charge in [0.2, 0.25) is 5.91 Å². The molecule has 0 aromatic heterocycles. The summed E-state index contributed by atoms with van der Waals surface area (Å²) in [5.74, 6) is -0.386. The molecule has 0 fully saturated rings. The lowest BCUT2D eigenvalue weighted by molar-refractivity contribution is -0.137. The molecule has 106 valence electrons. The molecule has 1 aromatic carbocycles. The molecule has 0 aliphatic heterocycles. The zero-order chi connectivity index (χ0) is 14.6. The van der Waals surface area contributed by atoms with Gasteiger partial charge in [0.25, 0.3) is 0 Å². The van der Waals surface area contributed by atoms with Gasteiger partial charge in [-0.05, 0) is 30.2 Å². The third-order valence-corrected chi connectivity index (χ3v) is 3.04. The van der Waals surface area contributed by atoms with E-state index in [2.05, 4.69) is 5.32 Å². The van der Waals surface area contributed by atoms with Crippen LogP contribution in [0.25, 0.3) is 0 Å². The Morgan fingerprint density at radius 3 is 2.26 bits per heavy atom. The second-order valence-corrected chi connectivity index (χ2v) is 4.48. The van der Waals surface area contributed by atoms with Crippen LogP contribution in [-0.4, -0.2) is 11.9 Å². The van der Waals surface area contributed by atoms with Crippen LogP contribution < -0.4 is 11.1 Å². The van der Waals surface area contributed by atoms with Gasteiger partial charge in [0.15, 0.2) is 0 Å². The molecule has 0 saturated carbocycles. The first kappa shape index (κ1) is 15.5. The summed E-state index contributed by atoms with van der Waals surface area (Å²) in [7, 11) is 0. The van der Waals surface area contributed by atoms with Gasteiger partial charge in [0.05, 0.1) is 11.6 Å². The highest BCUT2D eigenvalue weighted by atomic mass is 19.4. The zero-order valence-corrected chi connectivity index (χ0v) is 10.8. The molecule has 0 saturated heterocycles. The normalized spacial score (nSPS) is 14.8. The van der Waals surface area contributed by atoms with Crippen molar-refractivity contribution < 1.29 is 18.0 Å². The lowest BCUT2D eigenvalue weighted by Gasteiger charge is -2.17. The largest absolute Gasteiger partial charge is 0.416 e. The van der Waals surface area contributed by atoms with Crippen molar-refractivity contribution in [1.82, 2.24) is 0 Å². The molecule has 1 amide bonds. The Balaban J connectivity index is 2.71. The summed E-state index contributed by atoms with van der Waals surface area (Å²) >= 11 is 0. The van der Waals surface area contributed by atoms with Crippen molar-refractivity contribution >= 4 is 11.6 Å². The van der Waals surface area contributed by atoms with Crippen molar-refractivity contribution in [2.24, 2.45) is 11.7 Å². The Kier molecular flexibility index (Phi) is 4.94. The molecule has 6 heteroatoms. The summed E-state index contributed by atoms with van der Waals surface area (Å²) in [5, 5.41) is 2.50. The molecule has 3 N–H and O–H groups in total. The van der Waals surface area contributed by atoms with Gasteiger partial charge in [0.1, 0.15) is 0 Å². The molecule has 0 heterocycles. The molecular formula is C13H17F3N2O. The van der Waals surface area contributed by atoms with Crippen molar-refractivity contribution in [3.8, 4) is 0 Å². The highest BCUT2D eigenvalue weighted by Gasteiger charge is 2.30. The van der Waals surface area contributed by atoms with Crippen LogP contribution in [0.1, 0.15) is 25.8 Å². The van der Waals surface area contributed by atoms with Crippen LogP contribution in [-0.2, 0) is 11.0 Å². The molecular weight excluding hydrogens is 257 g/mol. The van der Waals surface area contributed by atoms with Gasteiger partial charge in [0, 0.05) is 5.69 Å². The summed E-state index contributed by atoms with van der Waals surface area (Å²) in [6, 6.07) is 3.59. The van der Waals surface area contributed by atoms with Crippen molar-refractivity contribution in [3.05, 3.63) is 29.8 Å². The minimum Gasteiger partial charge on any atom is -0.325 e. The van der Waals surface area contributed by atoms with E-state index in [0.717, 1.165) is 18.6 Å². The number of halogens is 3. The molecule has 1 rings (SSSR count). The molecule has 0 aliphatic carbocycles. The summed E-state index contributed by atoms with van der Waals surface area (Å²) < 4.78 is 37.1. The minimum absolute atomic E-state index is 0.00875. The number of rotatable bonds is 4. The van der Waals surface area contributed by atoms with Crippen LogP contribution in [0.5, 0.6) is 0 Å². The van der Waals surface area contributed by atoms with Crippen LogP contribution in [0, 0.1) is 5.92 Å². The summed E-state index contributed by atoms with van der Waals surface area (Å²) in [5.41, 5.74) is 5.28. The monoisotopic (exact) mass is 274 g/mol. The van der Waals surface area contributed by atoms with E-state index in [4.69, 9.17) is 5.73 Å². The van der Waals surface area contributed by atoms with Gasteiger partial charge in [-0.2, -0.15) is 13.2 Å². The van der Waals surface area contributed by atoms with Gasteiger partial charge in [-0.1, -0.05) is 20.3 Å². The predicted molar refractivity (Wildman–Crippen MR) is 67.5 cm³/mol. The molecule has 2 atom stereocenters. The van der Waals surface area contributed by atoms with E-state index < -0.39 is 23.7 Å². The van der Waals surface area contributed by atoms with Crippen molar-refractivity contribution in [3.63, 3.8) is 0 Å². The van der Waals surface area contributed by atoms with E-state index >= 15 is 0 Å². The maximum absolute atomic E-state index is 12.4. The quantitative estimate of drug-likeness (QED) is 0.886. The van der Waals surface area contributed by atoms with E-state index in [0.29, 0.717) is 5.69 Å². The van der Waals surface area contributed by atoms with Crippen LogP contribution in [0.15, 0.2) is 24.3 Å². The fraction of sp³-hybridized carbons (Fsp3) is 0.462. The third-order valence-electron chi connectivity index (χ3n) is 3.04. The van der Waals surface area contributed by atoms with Gasteiger partial charge in [-0.15, -0.1) is 0 Å². The summed E-state index contributed by atoms with van der Waals surface area (Å²) in [6.45, 7) is 3.76. The van der Waals surface area contributed by atoms with Crippen molar-refractivity contribution in [2.45, 2.75) is 32.5 Å². The molecule has 0 radical (unpaired) electrons. The van der Waals surface area contributed by atoms with Gasteiger partial charge in [-0.25, -0.2) is 0 Å². The number of nitrogens with two attached hydrogens (primary N) is 1. The number of amides is 1. The maximum atomic E-state index is 12.4. The first-order chi connectivity index (χ1) is 8.75. The van der Waals surface area contributed by atoms with Crippen molar-refractivity contribution in [1.29, 1.82) is 0 Å². The van der Waals surface area contributed by atoms with Crippen LogP contribution in [0.2, 0.25) is 0 Å². The number of anilines is 1. The number of benzene rings is 1. The average Bonchev–Trinajstić information content (AvgIpc) is 2.36. The first-order valence-corrected chi connectivity index (χ1v) is 5.99. The lowest BCUT2D eigenvalue weighted by Crippen LogP contribution is -2.40. The third kappa shape index (κ3) is 4.24. The Hall–Kier alpha value is -1.56. The minimum atomic E-state index is -4.38. The number of carbonyl (C=O) groups is 1. The predicted octanol–water partition coefficient (Wildman–Crippen LogP) is 3.02. The van der Waals surface area contributed by atoms with Gasteiger partial charge < -0.3 is 11.1 Å². The fourth-order valence-electron chi connectivity index (χ4n) is 1.48. The fourth-order valence-corrected chi connectivity index (χ4v) is 1.48. The van der Waals surface area contributed by atoms with E-state index in [-0.39, 0.29) is 5.92 Å². The second kappa shape index (κ2) is 6.06. The Morgan fingerprint density at radius 1 is 1.32 bits per heavy atom. The standard InChI is InChI=1S/C13H17F3N2O/c1-3-8(2)11(17)12(19)18-10-6-4-9(5-7-10)13(14,15)16/h4-8,11H,3,17H2,1-2H3,(H,18,19). The molecule has 2 unspecified atom stereocenters. The van der Waals surface area contributed by atoms with Crippen LogP contribution in [0.4, 0.5) is 18.9 Å². The number of nitrogens with one attached hydrogen (secondary N) is 1. The highest BCUT2D eigenvalue weighted by Crippen LogP contribution is 2.29. The molecule has 3 nitrogen and oxygen atoms in total. The smallest absolute Gasteiger partial charge is 0.325 e. The SMILES string of the molecule is CCC(C)C(N)C(=O)Nc1ccc(C(F)(F)F)cc1. The number of alkyl halides is 3. The van der Waals surface area contributed by atoms with Crippen molar-refractivity contribution in [2.75, 3.05) is 5.32 Å². The molecule has 0 spiro atoms. The second-order valence-electron chi connectivity index (χ2n) is 4.48. The number of hydrogen-bond acceptors (Lipinski definition) is 2. The van der Waals surface area contributed by atoms with Crippen LogP contribution in [0.3, 0.4) is 0 Å². The van der Waals surface area contributed by atoms with Crippen LogP contribution >= 0.6 is 0 Å². The van der Waals surface area contributed by atoms with E-state index in [1.165, 1.54) is 12.1 Å². The van der Waals surface area contributed by atoms with Gasteiger partial charge >= 0.3 is 6.18 Å². The Bertz CT molecular complexity index is 429. The summed E-state index contributed by atoms with van der Waals surface area (Å²) in [4.78, 5) is 11.7. The average molecular weight is 274 g/mol. The molecule has 0 aliphatic rings. The Labute approximate surface area is 110 Å². The maximum Gasteiger partial charge on any atom is 0.416 e. The zero-order valence-electron chi connectivity index (χ0n) is 10.8. The molecule has 1 aromatic rings. The summed E-state index contributed by atoms with van der Waals surface area (Å²) in [6.07, 6.45) is -3.63. The molecule has 0 bridgehead atoms. The van der Waals surface area contributed by atoms with Gasteiger partial charge in [-0.3, -0.25) is 4.79 Å². The molecule has 19 heavy (non-hydrogen) atoms. The van der Waals surface area contributed by atoms with E-state index in [9.17, 15) is 18.0 Å². The number of carbonyl (C=O) groups excluding carboxylic acids is 1. The first-order valence-electron chi connectivity index (χ1n) is 5.99. The number of hydrogen-bond donors (Lipinski definition) is 2. The lowest BCUT2D eigenvalue weighted by atomic mass is 9.99.